The van der Waals surface area contributed by atoms with Crippen molar-refractivity contribution in [3.05, 3.63) is 59.7 Å². The number of ether oxygens (including phenoxy) is 2. The first-order valence-corrected chi connectivity index (χ1v) is 8.22. The summed E-state index contributed by atoms with van der Waals surface area (Å²) < 4.78 is 10.7. The normalized spacial score (nSPS) is 10.2. The second-order valence-corrected chi connectivity index (χ2v) is 5.65. The second kappa shape index (κ2) is 9.47. The van der Waals surface area contributed by atoms with Crippen molar-refractivity contribution in [2.24, 2.45) is 0 Å². The third-order valence-electron chi connectivity index (χ3n) is 3.74. The number of ketones is 1. The summed E-state index contributed by atoms with van der Waals surface area (Å²) in [5.41, 5.74) is 1.79. The quantitative estimate of drug-likeness (QED) is 0.562. The van der Waals surface area contributed by atoms with Crippen LogP contribution in [0.4, 0.5) is 0 Å². The van der Waals surface area contributed by atoms with E-state index in [1.807, 2.05) is 18.2 Å². The summed E-state index contributed by atoms with van der Waals surface area (Å²) in [5, 5.41) is 2.83. The monoisotopic (exact) mass is 341 g/mol. The fourth-order valence-electron chi connectivity index (χ4n) is 2.37. The van der Waals surface area contributed by atoms with E-state index in [1.54, 1.807) is 18.2 Å². The topological polar surface area (TPSA) is 64.6 Å². The molecule has 1 amide bonds. The summed E-state index contributed by atoms with van der Waals surface area (Å²) in [6.07, 6.45) is 1.79. The van der Waals surface area contributed by atoms with E-state index in [2.05, 4.69) is 17.4 Å². The molecule has 0 heterocycles. The molecule has 25 heavy (non-hydrogen) atoms. The van der Waals surface area contributed by atoms with Crippen molar-refractivity contribution in [2.45, 2.75) is 19.8 Å². The van der Waals surface area contributed by atoms with Gasteiger partial charge < -0.3 is 14.8 Å². The van der Waals surface area contributed by atoms with Crippen molar-refractivity contribution in [3.63, 3.8) is 0 Å². The molecule has 2 rings (SSSR count). The Morgan fingerprint density at radius 3 is 2.48 bits per heavy atom. The molecule has 132 valence electrons. The number of carbonyl (C=O) groups is 2. The fourth-order valence-corrected chi connectivity index (χ4v) is 2.37. The Balaban J connectivity index is 1.75. The van der Waals surface area contributed by atoms with Crippen LogP contribution in [0, 0.1) is 0 Å². The molecule has 0 aliphatic heterocycles. The highest BCUT2D eigenvalue weighted by molar-refractivity contribution is 5.94. The number of nitrogens with one attached hydrogen (secondary N) is 1. The molecule has 1 N–H and O–H groups in total. The number of rotatable bonds is 9. The first kappa shape index (κ1) is 18.5. The molecule has 0 saturated heterocycles. The molecule has 0 bridgehead atoms. The molecule has 0 aromatic heterocycles. The second-order valence-electron chi connectivity index (χ2n) is 5.65. The van der Waals surface area contributed by atoms with Gasteiger partial charge in [-0.2, -0.15) is 0 Å². The lowest BCUT2D eigenvalue weighted by atomic mass is 10.1. The standard InChI is InChI=1S/C20H23NO4/c1-15(22)17-10-11-18(19(13-17)24-2)25-14-20(23)21-12-6-9-16-7-4-3-5-8-16/h3-5,7-8,10-11,13H,6,9,12,14H2,1-2H3,(H,21,23). The molecule has 0 aliphatic rings. The zero-order valence-corrected chi connectivity index (χ0v) is 14.6. The molecular formula is C20H23NO4. The molecule has 2 aromatic carbocycles. The van der Waals surface area contributed by atoms with Crippen molar-refractivity contribution < 1.29 is 19.1 Å². The van der Waals surface area contributed by atoms with Gasteiger partial charge in [0.1, 0.15) is 0 Å². The lowest BCUT2D eigenvalue weighted by molar-refractivity contribution is -0.123. The van der Waals surface area contributed by atoms with Crippen LogP contribution in [0.5, 0.6) is 11.5 Å². The van der Waals surface area contributed by atoms with Crippen molar-refractivity contribution in [2.75, 3.05) is 20.3 Å². The van der Waals surface area contributed by atoms with Crippen LogP contribution in [-0.2, 0) is 11.2 Å². The first-order valence-electron chi connectivity index (χ1n) is 8.22. The number of Topliss-reactive ketones (excluding diaryl/α,β-unsaturated/α-hetero) is 1. The van der Waals surface area contributed by atoms with Gasteiger partial charge in [0.2, 0.25) is 0 Å². The Hall–Kier alpha value is -2.82. The number of carbonyl (C=O) groups excluding carboxylic acids is 2. The summed E-state index contributed by atoms with van der Waals surface area (Å²) in [5.74, 6) is 0.628. The summed E-state index contributed by atoms with van der Waals surface area (Å²) in [6, 6.07) is 15.0. The van der Waals surface area contributed by atoms with Gasteiger partial charge in [-0.1, -0.05) is 30.3 Å². The Morgan fingerprint density at radius 2 is 1.80 bits per heavy atom. The SMILES string of the molecule is COc1cc(C(C)=O)ccc1OCC(=O)NCCCc1ccccc1. The highest BCUT2D eigenvalue weighted by Crippen LogP contribution is 2.28. The molecule has 0 spiro atoms. The van der Waals surface area contributed by atoms with Crippen molar-refractivity contribution in [1.82, 2.24) is 5.32 Å². The van der Waals surface area contributed by atoms with E-state index in [0.717, 1.165) is 12.8 Å². The number of hydrogen-bond donors (Lipinski definition) is 1. The van der Waals surface area contributed by atoms with Gasteiger partial charge in [0, 0.05) is 12.1 Å². The minimum absolute atomic E-state index is 0.0546. The predicted octanol–water partition coefficient (Wildman–Crippen LogP) is 3.03. The van der Waals surface area contributed by atoms with E-state index in [9.17, 15) is 9.59 Å². The van der Waals surface area contributed by atoms with Crippen molar-refractivity contribution in [1.29, 1.82) is 0 Å². The Bertz CT molecular complexity index is 713. The highest BCUT2D eigenvalue weighted by atomic mass is 16.5. The maximum atomic E-state index is 11.9. The average molecular weight is 341 g/mol. The van der Waals surface area contributed by atoms with E-state index in [-0.39, 0.29) is 18.3 Å². The third-order valence-corrected chi connectivity index (χ3v) is 3.74. The van der Waals surface area contributed by atoms with Crippen molar-refractivity contribution in [3.8, 4) is 11.5 Å². The maximum absolute atomic E-state index is 11.9. The first-order chi connectivity index (χ1) is 12.1. The van der Waals surface area contributed by atoms with Gasteiger partial charge in [-0.3, -0.25) is 9.59 Å². The van der Waals surface area contributed by atoms with E-state index in [0.29, 0.717) is 23.6 Å². The number of amides is 1. The van der Waals surface area contributed by atoms with Crippen molar-refractivity contribution >= 4 is 11.7 Å². The summed E-state index contributed by atoms with van der Waals surface area (Å²) >= 11 is 0. The minimum atomic E-state index is -0.189. The molecule has 0 radical (unpaired) electrons. The molecule has 0 fully saturated rings. The van der Waals surface area contributed by atoms with Gasteiger partial charge in [-0.15, -0.1) is 0 Å². The van der Waals surface area contributed by atoms with Gasteiger partial charge in [0.05, 0.1) is 7.11 Å². The number of hydrogen-bond acceptors (Lipinski definition) is 4. The van der Waals surface area contributed by atoms with Crippen LogP contribution in [0.3, 0.4) is 0 Å². The van der Waals surface area contributed by atoms with Crippen LogP contribution in [-0.4, -0.2) is 32.0 Å². The zero-order valence-electron chi connectivity index (χ0n) is 14.6. The molecule has 2 aromatic rings. The lowest BCUT2D eigenvalue weighted by Gasteiger charge is -2.11. The molecular weight excluding hydrogens is 318 g/mol. The van der Waals surface area contributed by atoms with Gasteiger partial charge in [-0.25, -0.2) is 0 Å². The maximum Gasteiger partial charge on any atom is 0.257 e. The molecule has 5 nitrogen and oxygen atoms in total. The molecule has 0 unspecified atom stereocenters. The Kier molecular flexibility index (Phi) is 7.01. The van der Waals surface area contributed by atoms with Gasteiger partial charge in [0.15, 0.2) is 23.9 Å². The van der Waals surface area contributed by atoms with E-state index in [4.69, 9.17) is 9.47 Å². The van der Waals surface area contributed by atoms with Crippen LogP contribution in [0.15, 0.2) is 48.5 Å². The average Bonchev–Trinajstić information content (AvgIpc) is 2.64. The molecule has 5 heteroatoms. The zero-order chi connectivity index (χ0) is 18.1. The van der Waals surface area contributed by atoms with E-state index >= 15 is 0 Å². The summed E-state index contributed by atoms with van der Waals surface area (Å²) in [6.45, 7) is 1.98. The van der Waals surface area contributed by atoms with Crippen LogP contribution in [0.25, 0.3) is 0 Å². The number of aryl methyl sites for hydroxylation is 1. The number of methoxy groups -OCH3 is 1. The van der Waals surface area contributed by atoms with Crippen LogP contribution < -0.4 is 14.8 Å². The van der Waals surface area contributed by atoms with Crippen LogP contribution >= 0.6 is 0 Å². The highest BCUT2D eigenvalue weighted by Gasteiger charge is 2.10. The Morgan fingerprint density at radius 1 is 1.04 bits per heavy atom. The number of benzene rings is 2. The predicted molar refractivity (Wildman–Crippen MR) is 96.3 cm³/mol. The summed E-state index contributed by atoms with van der Waals surface area (Å²) in [4.78, 5) is 23.3. The molecule has 0 atom stereocenters. The molecule has 0 aliphatic carbocycles. The van der Waals surface area contributed by atoms with Crippen LogP contribution in [0.1, 0.15) is 29.3 Å². The third kappa shape index (κ3) is 5.95. The summed E-state index contributed by atoms with van der Waals surface area (Å²) in [7, 11) is 1.50. The lowest BCUT2D eigenvalue weighted by Crippen LogP contribution is -2.30. The van der Waals surface area contributed by atoms with Gasteiger partial charge in [-0.05, 0) is 43.5 Å². The smallest absolute Gasteiger partial charge is 0.257 e. The fraction of sp³-hybridized carbons (Fsp3) is 0.300. The van der Waals surface area contributed by atoms with Gasteiger partial charge in [0.25, 0.3) is 5.91 Å². The van der Waals surface area contributed by atoms with Crippen LogP contribution in [0.2, 0.25) is 0 Å². The van der Waals surface area contributed by atoms with E-state index < -0.39 is 0 Å². The molecule has 0 saturated carbocycles. The Labute approximate surface area is 148 Å². The van der Waals surface area contributed by atoms with E-state index in [1.165, 1.54) is 19.6 Å². The van der Waals surface area contributed by atoms with Gasteiger partial charge >= 0.3 is 0 Å². The minimum Gasteiger partial charge on any atom is -0.493 e. The largest absolute Gasteiger partial charge is 0.493 e.